The molecule has 1 aromatic rings. The number of thiophene rings is 1. The van der Waals surface area contributed by atoms with Gasteiger partial charge in [0.05, 0.1) is 0 Å². The van der Waals surface area contributed by atoms with Crippen LogP contribution in [-0.2, 0) is 11.3 Å². The molecule has 0 aromatic carbocycles. The summed E-state index contributed by atoms with van der Waals surface area (Å²) < 4.78 is 1.08. The molecule has 0 atom stereocenters. The van der Waals surface area contributed by atoms with E-state index in [-0.39, 0.29) is 0 Å². The van der Waals surface area contributed by atoms with Crippen LogP contribution in [0.15, 0.2) is 28.1 Å². The average Bonchev–Trinajstić information content (AvgIpc) is 2.50. The van der Waals surface area contributed by atoms with E-state index in [2.05, 4.69) is 21.2 Å². The standard InChI is InChI=1S/C9H10BrNO2S/c10-7-4-8(14-6-7)5-11-3-1-2-9(12)13/h1-2,4,6,11H,3,5H2,(H,12,13)/b2-1+. The van der Waals surface area contributed by atoms with Crippen molar-refractivity contribution in [3.8, 4) is 0 Å². The van der Waals surface area contributed by atoms with E-state index in [1.54, 1.807) is 17.4 Å². The Balaban J connectivity index is 2.19. The summed E-state index contributed by atoms with van der Waals surface area (Å²) in [6.07, 6.45) is 2.72. The van der Waals surface area contributed by atoms with Crippen LogP contribution < -0.4 is 5.32 Å². The van der Waals surface area contributed by atoms with Crippen LogP contribution in [0.25, 0.3) is 0 Å². The van der Waals surface area contributed by atoms with Gasteiger partial charge in [-0.3, -0.25) is 0 Å². The molecule has 0 unspecified atom stereocenters. The predicted octanol–water partition coefficient (Wildman–Crippen LogP) is 2.24. The first kappa shape index (κ1) is 11.4. The van der Waals surface area contributed by atoms with E-state index >= 15 is 0 Å². The Kier molecular flexibility index (Phi) is 4.86. The molecular formula is C9H10BrNO2S. The second-order valence-electron chi connectivity index (χ2n) is 2.60. The molecule has 3 nitrogen and oxygen atoms in total. The topological polar surface area (TPSA) is 49.3 Å². The van der Waals surface area contributed by atoms with Crippen LogP contribution >= 0.6 is 27.3 Å². The summed E-state index contributed by atoms with van der Waals surface area (Å²) in [5.41, 5.74) is 0. The molecule has 0 amide bonds. The number of nitrogens with one attached hydrogen (secondary N) is 1. The monoisotopic (exact) mass is 275 g/mol. The lowest BCUT2D eigenvalue weighted by molar-refractivity contribution is -0.131. The van der Waals surface area contributed by atoms with Gasteiger partial charge in [-0.2, -0.15) is 0 Å². The number of carboxylic acid groups (broad SMARTS) is 1. The smallest absolute Gasteiger partial charge is 0.328 e. The van der Waals surface area contributed by atoms with Gasteiger partial charge in [0.15, 0.2) is 0 Å². The summed E-state index contributed by atoms with van der Waals surface area (Å²) in [6, 6.07) is 2.04. The predicted molar refractivity (Wildman–Crippen MR) is 60.5 cm³/mol. The number of carboxylic acids is 1. The molecule has 0 aliphatic heterocycles. The van der Waals surface area contributed by atoms with Gasteiger partial charge >= 0.3 is 5.97 Å². The highest BCUT2D eigenvalue weighted by atomic mass is 79.9. The molecule has 1 heterocycles. The summed E-state index contributed by atoms with van der Waals surface area (Å²) in [7, 11) is 0. The minimum atomic E-state index is -0.911. The molecular weight excluding hydrogens is 266 g/mol. The fourth-order valence-corrected chi connectivity index (χ4v) is 2.31. The molecule has 1 rings (SSSR count). The molecule has 1 aromatic heterocycles. The van der Waals surface area contributed by atoms with Gasteiger partial charge < -0.3 is 10.4 Å². The summed E-state index contributed by atoms with van der Waals surface area (Å²) >= 11 is 5.03. The van der Waals surface area contributed by atoms with Crippen LogP contribution in [0, 0.1) is 0 Å². The number of carbonyl (C=O) groups is 1. The van der Waals surface area contributed by atoms with Gasteiger partial charge in [-0.1, -0.05) is 6.08 Å². The Labute approximate surface area is 94.6 Å². The van der Waals surface area contributed by atoms with Crippen molar-refractivity contribution in [2.45, 2.75) is 6.54 Å². The van der Waals surface area contributed by atoms with E-state index in [0.717, 1.165) is 17.1 Å². The van der Waals surface area contributed by atoms with Gasteiger partial charge in [-0.15, -0.1) is 11.3 Å². The van der Waals surface area contributed by atoms with Crippen LogP contribution in [0.3, 0.4) is 0 Å². The van der Waals surface area contributed by atoms with Crippen LogP contribution in [0.4, 0.5) is 0 Å². The lowest BCUT2D eigenvalue weighted by atomic mass is 10.4. The van der Waals surface area contributed by atoms with Crippen molar-refractivity contribution >= 4 is 33.2 Å². The molecule has 14 heavy (non-hydrogen) atoms. The van der Waals surface area contributed by atoms with Crippen LogP contribution in [0.5, 0.6) is 0 Å². The zero-order valence-electron chi connectivity index (χ0n) is 7.37. The molecule has 0 radical (unpaired) electrons. The van der Waals surface area contributed by atoms with Crippen molar-refractivity contribution in [2.75, 3.05) is 6.54 Å². The van der Waals surface area contributed by atoms with E-state index in [1.165, 1.54) is 4.88 Å². The van der Waals surface area contributed by atoms with Crippen molar-refractivity contribution in [1.82, 2.24) is 5.32 Å². The Morgan fingerprint density at radius 1 is 1.71 bits per heavy atom. The zero-order chi connectivity index (χ0) is 10.4. The summed E-state index contributed by atoms with van der Waals surface area (Å²) in [5.74, 6) is -0.911. The molecule has 0 bridgehead atoms. The van der Waals surface area contributed by atoms with Gasteiger partial charge in [-0.05, 0) is 22.0 Å². The van der Waals surface area contributed by atoms with E-state index in [4.69, 9.17) is 5.11 Å². The summed E-state index contributed by atoms with van der Waals surface area (Å²) in [4.78, 5) is 11.3. The number of aliphatic carboxylic acids is 1. The lowest BCUT2D eigenvalue weighted by Crippen LogP contribution is -2.12. The SMILES string of the molecule is O=C(O)/C=C/CNCc1cc(Br)cs1. The molecule has 76 valence electrons. The Morgan fingerprint density at radius 2 is 2.50 bits per heavy atom. The number of hydrogen-bond donors (Lipinski definition) is 2. The van der Waals surface area contributed by atoms with E-state index in [9.17, 15) is 4.79 Å². The van der Waals surface area contributed by atoms with Gasteiger partial charge in [0.1, 0.15) is 0 Å². The molecule has 0 aliphatic rings. The summed E-state index contributed by atoms with van der Waals surface area (Å²) in [5, 5.41) is 13.4. The molecule has 2 N–H and O–H groups in total. The maximum atomic E-state index is 10.1. The van der Waals surface area contributed by atoms with E-state index in [0.29, 0.717) is 6.54 Å². The zero-order valence-corrected chi connectivity index (χ0v) is 9.77. The van der Waals surface area contributed by atoms with Crippen LogP contribution in [0.1, 0.15) is 4.88 Å². The van der Waals surface area contributed by atoms with Crippen molar-refractivity contribution in [2.24, 2.45) is 0 Å². The molecule has 0 aliphatic carbocycles. The first-order chi connectivity index (χ1) is 6.68. The maximum absolute atomic E-state index is 10.1. The first-order valence-corrected chi connectivity index (χ1v) is 5.69. The van der Waals surface area contributed by atoms with Crippen LogP contribution in [0.2, 0.25) is 0 Å². The Bertz CT molecular complexity index is 335. The molecule has 0 spiro atoms. The third kappa shape index (κ3) is 4.55. The summed E-state index contributed by atoms with van der Waals surface area (Å²) in [6.45, 7) is 1.34. The fraction of sp³-hybridized carbons (Fsp3) is 0.222. The number of halogens is 1. The second kappa shape index (κ2) is 5.95. The largest absolute Gasteiger partial charge is 0.478 e. The lowest BCUT2D eigenvalue weighted by Gasteiger charge is -1.96. The highest BCUT2D eigenvalue weighted by molar-refractivity contribution is 9.10. The van der Waals surface area contributed by atoms with Crippen LogP contribution in [-0.4, -0.2) is 17.6 Å². The van der Waals surface area contributed by atoms with Gasteiger partial charge in [-0.25, -0.2) is 4.79 Å². The van der Waals surface area contributed by atoms with Crippen molar-refractivity contribution in [3.05, 3.63) is 32.9 Å². The van der Waals surface area contributed by atoms with Crippen molar-refractivity contribution in [1.29, 1.82) is 0 Å². The molecule has 0 saturated heterocycles. The van der Waals surface area contributed by atoms with Gasteiger partial charge in [0, 0.05) is 33.9 Å². The average molecular weight is 276 g/mol. The van der Waals surface area contributed by atoms with E-state index in [1.807, 2.05) is 11.4 Å². The Morgan fingerprint density at radius 3 is 3.07 bits per heavy atom. The normalized spacial score (nSPS) is 10.9. The first-order valence-electron chi connectivity index (χ1n) is 4.01. The number of hydrogen-bond acceptors (Lipinski definition) is 3. The van der Waals surface area contributed by atoms with Crippen molar-refractivity contribution in [3.63, 3.8) is 0 Å². The molecule has 5 heteroatoms. The highest BCUT2D eigenvalue weighted by Crippen LogP contribution is 2.19. The molecule has 0 fully saturated rings. The number of rotatable bonds is 5. The fourth-order valence-electron chi connectivity index (χ4n) is 0.885. The highest BCUT2D eigenvalue weighted by Gasteiger charge is 1.95. The van der Waals surface area contributed by atoms with E-state index < -0.39 is 5.97 Å². The van der Waals surface area contributed by atoms with Gasteiger partial charge in [0.25, 0.3) is 0 Å². The maximum Gasteiger partial charge on any atom is 0.328 e. The second-order valence-corrected chi connectivity index (χ2v) is 4.51. The quantitative estimate of drug-likeness (QED) is 0.640. The minimum Gasteiger partial charge on any atom is -0.478 e. The van der Waals surface area contributed by atoms with Crippen molar-refractivity contribution < 1.29 is 9.90 Å². The minimum absolute atomic E-state index is 0.571. The third-order valence-corrected chi connectivity index (χ3v) is 3.14. The molecule has 0 saturated carbocycles. The van der Waals surface area contributed by atoms with Gasteiger partial charge in [0.2, 0.25) is 0 Å². The Hall–Kier alpha value is -0.650. The third-order valence-electron chi connectivity index (χ3n) is 1.44.